The number of aromatic carboxylic acids is 1. The molecule has 0 aromatic heterocycles. The van der Waals surface area contributed by atoms with E-state index in [4.69, 9.17) is 5.11 Å². The van der Waals surface area contributed by atoms with E-state index in [2.05, 4.69) is 10.0 Å². The number of rotatable bonds is 7. The molecule has 0 radical (unpaired) electrons. The smallest absolute Gasteiger partial charge is 0.335 e. The van der Waals surface area contributed by atoms with Crippen molar-refractivity contribution in [1.82, 2.24) is 10.0 Å². The molecule has 8 heteroatoms. The molecule has 0 aliphatic carbocycles. The molecule has 0 bridgehead atoms. The summed E-state index contributed by atoms with van der Waals surface area (Å²) in [6, 6.07) is 5.37. The molecule has 0 heterocycles. The van der Waals surface area contributed by atoms with Gasteiger partial charge >= 0.3 is 5.97 Å². The number of nitrogens with one attached hydrogen (secondary N) is 2. The van der Waals surface area contributed by atoms with E-state index >= 15 is 0 Å². The van der Waals surface area contributed by atoms with Crippen LogP contribution in [0.1, 0.15) is 27.6 Å². The van der Waals surface area contributed by atoms with Crippen LogP contribution >= 0.6 is 0 Å². The minimum absolute atomic E-state index is 0.0190. The molecule has 0 fully saturated rings. The predicted octanol–water partition coefficient (Wildman–Crippen LogP) is 0.0539. The average Bonchev–Trinajstić information content (AvgIpc) is 2.38. The predicted molar refractivity (Wildman–Crippen MR) is 73.2 cm³/mol. The van der Waals surface area contributed by atoms with Gasteiger partial charge in [-0.2, -0.15) is 0 Å². The lowest BCUT2D eigenvalue weighted by atomic mass is 10.1. The summed E-state index contributed by atoms with van der Waals surface area (Å²) in [4.78, 5) is 22.3. The largest absolute Gasteiger partial charge is 0.478 e. The van der Waals surface area contributed by atoms with Crippen molar-refractivity contribution in [3.05, 3.63) is 35.4 Å². The Morgan fingerprint density at radius 2 is 1.70 bits per heavy atom. The van der Waals surface area contributed by atoms with Gasteiger partial charge in [-0.25, -0.2) is 17.9 Å². The van der Waals surface area contributed by atoms with Gasteiger partial charge in [-0.1, -0.05) is 6.92 Å². The van der Waals surface area contributed by atoms with Crippen LogP contribution in [0, 0.1) is 0 Å². The second-order valence-electron chi connectivity index (χ2n) is 3.96. The topological polar surface area (TPSA) is 113 Å². The summed E-state index contributed by atoms with van der Waals surface area (Å²) in [7, 11) is -3.37. The van der Waals surface area contributed by atoms with E-state index in [1.54, 1.807) is 6.92 Å². The standard InChI is InChI=1S/C12H16N2O5S/c1-2-14-20(18,19)8-7-13-11(15)9-3-5-10(6-4-9)12(16)17/h3-6,14H,2,7-8H2,1H3,(H,13,15)(H,16,17). The lowest BCUT2D eigenvalue weighted by Crippen LogP contribution is -2.34. The van der Waals surface area contributed by atoms with Crippen molar-refractivity contribution in [2.75, 3.05) is 18.8 Å². The number of hydrogen-bond donors (Lipinski definition) is 3. The molecule has 0 spiro atoms. The van der Waals surface area contributed by atoms with E-state index in [9.17, 15) is 18.0 Å². The van der Waals surface area contributed by atoms with Gasteiger partial charge < -0.3 is 10.4 Å². The molecule has 0 aliphatic heterocycles. The van der Waals surface area contributed by atoms with Crippen LogP contribution in [0.15, 0.2) is 24.3 Å². The van der Waals surface area contributed by atoms with E-state index in [0.717, 1.165) is 0 Å². The second-order valence-corrected chi connectivity index (χ2v) is 5.88. The van der Waals surface area contributed by atoms with Crippen LogP contribution in [0.2, 0.25) is 0 Å². The van der Waals surface area contributed by atoms with Crippen molar-refractivity contribution >= 4 is 21.9 Å². The molecule has 1 aromatic rings. The highest BCUT2D eigenvalue weighted by molar-refractivity contribution is 7.89. The normalized spacial score (nSPS) is 11.1. The number of carboxylic acids is 1. The molecule has 7 nitrogen and oxygen atoms in total. The third-order valence-electron chi connectivity index (χ3n) is 2.41. The molecular formula is C12H16N2O5S. The molecule has 3 N–H and O–H groups in total. The lowest BCUT2D eigenvalue weighted by molar-refractivity contribution is 0.0696. The Labute approximate surface area is 117 Å². The maximum Gasteiger partial charge on any atom is 0.335 e. The van der Waals surface area contributed by atoms with E-state index in [1.165, 1.54) is 24.3 Å². The van der Waals surface area contributed by atoms with E-state index in [-0.39, 0.29) is 23.4 Å². The number of carbonyl (C=O) groups excluding carboxylic acids is 1. The number of sulfonamides is 1. The van der Waals surface area contributed by atoms with Crippen molar-refractivity contribution in [2.45, 2.75) is 6.92 Å². The van der Waals surface area contributed by atoms with Crippen molar-refractivity contribution < 1.29 is 23.1 Å². The zero-order valence-electron chi connectivity index (χ0n) is 10.9. The van der Waals surface area contributed by atoms with Crippen molar-refractivity contribution in [1.29, 1.82) is 0 Å². The SMILES string of the molecule is CCNS(=O)(=O)CCNC(=O)c1ccc(C(=O)O)cc1. The molecule has 0 atom stereocenters. The fourth-order valence-corrected chi connectivity index (χ4v) is 2.41. The van der Waals surface area contributed by atoms with E-state index in [1.807, 2.05) is 0 Å². The zero-order valence-corrected chi connectivity index (χ0v) is 11.7. The molecule has 1 aromatic carbocycles. The molecule has 110 valence electrons. The van der Waals surface area contributed by atoms with Gasteiger partial charge in [0, 0.05) is 18.7 Å². The van der Waals surface area contributed by atoms with E-state index < -0.39 is 21.9 Å². The van der Waals surface area contributed by atoms with Crippen LogP contribution in [0.3, 0.4) is 0 Å². The molecule has 0 saturated carbocycles. The number of benzene rings is 1. The quantitative estimate of drug-likeness (QED) is 0.659. The molecule has 1 amide bonds. The molecule has 0 unspecified atom stereocenters. The molecule has 0 saturated heterocycles. The van der Waals surface area contributed by atoms with Gasteiger partial charge in [-0.3, -0.25) is 4.79 Å². The summed E-state index contributed by atoms with van der Waals surface area (Å²) >= 11 is 0. The molecule has 20 heavy (non-hydrogen) atoms. The summed E-state index contributed by atoms with van der Waals surface area (Å²) in [5.41, 5.74) is 0.354. The zero-order chi connectivity index (χ0) is 15.2. The number of carboxylic acid groups (broad SMARTS) is 1. The number of amides is 1. The van der Waals surface area contributed by atoms with Gasteiger partial charge in [0.25, 0.3) is 5.91 Å². The maximum atomic E-state index is 11.7. The first-order valence-corrected chi connectivity index (χ1v) is 7.60. The molecule has 1 rings (SSSR count). The van der Waals surface area contributed by atoms with Crippen LogP contribution in [-0.2, 0) is 10.0 Å². The molecule has 0 aliphatic rings. The monoisotopic (exact) mass is 300 g/mol. The maximum absolute atomic E-state index is 11.7. The first-order valence-electron chi connectivity index (χ1n) is 5.94. The third-order valence-corrected chi connectivity index (χ3v) is 3.88. The van der Waals surface area contributed by atoms with Gasteiger partial charge in [-0.05, 0) is 24.3 Å². The van der Waals surface area contributed by atoms with Crippen LogP contribution in [0.4, 0.5) is 0 Å². The minimum atomic E-state index is -3.37. The fraction of sp³-hybridized carbons (Fsp3) is 0.333. The van der Waals surface area contributed by atoms with Crippen molar-refractivity contribution in [3.8, 4) is 0 Å². The Morgan fingerprint density at radius 3 is 2.20 bits per heavy atom. The summed E-state index contributed by atoms with van der Waals surface area (Å²) < 4.78 is 25.0. The third kappa shape index (κ3) is 4.98. The minimum Gasteiger partial charge on any atom is -0.478 e. The Bertz CT molecular complexity index is 580. The summed E-state index contributed by atoms with van der Waals surface area (Å²) in [5, 5.41) is 11.2. The lowest BCUT2D eigenvalue weighted by Gasteiger charge is -2.06. The highest BCUT2D eigenvalue weighted by Gasteiger charge is 2.11. The second kappa shape index (κ2) is 7.01. The fourth-order valence-electron chi connectivity index (χ4n) is 1.46. The molecular weight excluding hydrogens is 284 g/mol. The Hall–Kier alpha value is -1.93. The van der Waals surface area contributed by atoms with Gasteiger partial charge in [0.05, 0.1) is 11.3 Å². The number of hydrogen-bond acceptors (Lipinski definition) is 4. The summed E-state index contributed by atoms with van der Waals surface area (Å²) in [6.07, 6.45) is 0. The van der Waals surface area contributed by atoms with Crippen LogP contribution < -0.4 is 10.0 Å². The Kier molecular flexibility index (Phi) is 5.66. The first-order chi connectivity index (χ1) is 9.35. The highest BCUT2D eigenvalue weighted by atomic mass is 32.2. The van der Waals surface area contributed by atoms with Gasteiger partial charge in [0.15, 0.2) is 0 Å². The van der Waals surface area contributed by atoms with Crippen LogP contribution in [-0.4, -0.2) is 44.2 Å². The first kappa shape index (κ1) is 16.1. The van der Waals surface area contributed by atoms with Crippen molar-refractivity contribution in [3.63, 3.8) is 0 Å². The Morgan fingerprint density at radius 1 is 1.15 bits per heavy atom. The highest BCUT2D eigenvalue weighted by Crippen LogP contribution is 2.04. The van der Waals surface area contributed by atoms with Crippen LogP contribution in [0.5, 0.6) is 0 Å². The summed E-state index contributed by atoms with van der Waals surface area (Å²) in [5.74, 6) is -1.73. The average molecular weight is 300 g/mol. The summed E-state index contributed by atoms with van der Waals surface area (Å²) in [6.45, 7) is 1.95. The number of carbonyl (C=O) groups is 2. The van der Waals surface area contributed by atoms with Gasteiger partial charge in [0.2, 0.25) is 10.0 Å². The van der Waals surface area contributed by atoms with E-state index in [0.29, 0.717) is 6.54 Å². The Balaban J connectivity index is 2.53. The van der Waals surface area contributed by atoms with Gasteiger partial charge in [0.1, 0.15) is 0 Å². The van der Waals surface area contributed by atoms with Crippen LogP contribution in [0.25, 0.3) is 0 Å². The van der Waals surface area contributed by atoms with Gasteiger partial charge in [-0.15, -0.1) is 0 Å². The van der Waals surface area contributed by atoms with Crippen molar-refractivity contribution in [2.24, 2.45) is 0 Å².